The van der Waals surface area contributed by atoms with Crippen LogP contribution in [-0.4, -0.2) is 47.1 Å². The van der Waals surface area contributed by atoms with Gasteiger partial charge in [-0.15, -0.1) is 0 Å². The highest BCUT2D eigenvalue weighted by Crippen LogP contribution is 2.29. The molecule has 2 saturated heterocycles. The van der Waals surface area contributed by atoms with Crippen molar-refractivity contribution in [3.05, 3.63) is 11.2 Å². The molecule has 2 aliphatic rings. The molecule has 1 unspecified atom stereocenters. The van der Waals surface area contributed by atoms with Gasteiger partial charge in [0.1, 0.15) is 5.02 Å². The summed E-state index contributed by atoms with van der Waals surface area (Å²) in [7, 11) is 0. The lowest BCUT2D eigenvalue weighted by Gasteiger charge is -2.32. The lowest BCUT2D eigenvalue weighted by molar-refractivity contribution is 0.175. The molecular weight excluding hydrogens is 276 g/mol. The van der Waals surface area contributed by atoms with Gasteiger partial charge in [-0.2, -0.15) is 4.98 Å². The Morgan fingerprint density at radius 1 is 1.25 bits per heavy atom. The number of nitrogen functional groups attached to an aromatic ring is 1. The Morgan fingerprint density at radius 2 is 2.05 bits per heavy atom. The number of anilines is 2. The fraction of sp³-hybridized carbons (Fsp3) is 0.692. The maximum Gasteiger partial charge on any atom is 0.239 e. The molecule has 3 N–H and O–H groups in total. The molecule has 0 amide bonds. The molecule has 0 aliphatic carbocycles. The highest BCUT2D eigenvalue weighted by Gasteiger charge is 2.30. The Kier molecular flexibility index (Phi) is 4.24. The zero-order valence-corrected chi connectivity index (χ0v) is 12.3. The van der Waals surface area contributed by atoms with Gasteiger partial charge in [0.25, 0.3) is 0 Å². The van der Waals surface area contributed by atoms with E-state index in [1.807, 2.05) is 0 Å². The molecular formula is C13H21ClN6. The molecule has 0 saturated carbocycles. The number of aromatic nitrogens is 2. The van der Waals surface area contributed by atoms with Crippen molar-refractivity contribution in [2.24, 2.45) is 5.84 Å². The van der Waals surface area contributed by atoms with Crippen molar-refractivity contribution in [1.29, 1.82) is 0 Å². The van der Waals surface area contributed by atoms with Crippen molar-refractivity contribution >= 4 is 23.4 Å². The first-order valence-electron chi connectivity index (χ1n) is 7.26. The van der Waals surface area contributed by atoms with Crippen molar-refractivity contribution in [3.63, 3.8) is 0 Å². The maximum absolute atomic E-state index is 6.22. The monoisotopic (exact) mass is 296 g/mol. The first-order valence-corrected chi connectivity index (χ1v) is 7.64. The quantitative estimate of drug-likeness (QED) is 0.650. The van der Waals surface area contributed by atoms with Crippen LogP contribution in [-0.2, 0) is 0 Å². The molecule has 20 heavy (non-hydrogen) atoms. The molecule has 2 fully saturated rings. The fourth-order valence-corrected chi connectivity index (χ4v) is 3.38. The van der Waals surface area contributed by atoms with Gasteiger partial charge >= 0.3 is 0 Å². The van der Waals surface area contributed by atoms with Gasteiger partial charge in [0.2, 0.25) is 5.95 Å². The third-order valence-electron chi connectivity index (χ3n) is 4.22. The summed E-state index contributed by atoms with van der Waals surface area (Å²) in [5.41, 5.74) is 2.47. The topological polar surface area (TPSA) is 70.3 Å². The van der Waals surface area contributed by atoms with Crippen LogP contribution in [0.5, 0.6) is 0 Å². The number of piperidine rings is 1. The molecule has 110 valence electrons. The second-order valence-electron chi connectivity index (χ2n) is 5.49. The second kappa shape index (κ2) is 6.11. The van der Waals surface area contributed by atoms with Gasteiger partial charge in [0.05, 0.1) is 6.20 Å². The molecule has 7 heteroatoms. The first kappa shape index (κ1) is 13.9. The number of hydrogen-bond acceptors (Lipinski definition) is 6. The van der Waals surface area contributed by atoms with Crippen LogP contribution in [0.15, 0.2) is 6.20 Å². The standard InChI is InChI=1S/C13H21ClN6/c14-11-8-16-13(18-15)17-12(11)20-7-4-10(9-20)19-5-2-1-3-6-19/h8,10H,1-7,9,15H2,(H,16,17,18). The highest BCUT2D eigenvalue weighted by atomic mass is 35.5. The summed E-state index contributed by atoms with van der Waals surface area (Å²) < 4.78 is 0. The van der Waals surface area contributed by atoms with Crippen LogP contribution in [0.4, 0.5) is 11.8 Å². The minimum atomic E-state index is 0.408. The van der Waals surface area contributed by atoms with Gasteiger partial charge in [-0.05, 0) is 32.4 Å². The third kappa shape index (κ3) is 2.82. The molecule has 0 aromatic carbocycles. The number of hydrogen-bond donors (Lipinski definition) is 2. The van der Waals surface area contributed by atoms with Gasteiger partial charge in [-0.1, -0.05) is 18.0 Å². The summed E-state index contributed by atoms with van der Waals surface area (Å²) in [4.78, 5) is 13.3. The van der Waals surface area contributed by atoms with E-state index in [0.717, 1.165) is 18.9 Å². The number of likely N-dealkylation sites (tertiary alicyclic amines) is 1. The average Bonchev–Trinajstić information content (AvgIpc) is 2.98. The molecule has 0 radical (unpaired) electrons. The summed E-state index contributed by atoms with van der Waals surface area (Å²) in [6, 6.07) is 0.621. The minimum absolute atomic E-state index is 0.408. The van der Waals surface area contributed by atoms with Crippen molar-refractivity contribution in [2.75, 3.05) is 36.5 Å². The van der Waals surface area contributed by atoms with E-state index in [0.29, 0.717) is 17.0 Å². The third-order valence-corrected chi connectivity index (χ3v) is 4.49. The summed E-state index contributed by atoms with van der Waals surface area (Å²) >= 11 is 6.22. The molecule has 3 heterocycles. The van der Waals surface area contributed by atoms with Gasteiger partial charge < -0.3 is 4.90 Å². The lowest BCUT2D eigenvalue weighted by atomic mass is 10.1. The molecule has 0 bridgehead atoms. The number of halogens is 1. The minimum Gasteiger partial charge on any atom is -0.354 e. The largest absolute Gasteiger partial charge is 0.354 e. The predicted octanol–water partition coefficient (Wildman–Crippen LogP) is 1.48. The van der Waals surface area contributed by atoms with Crippen molar-refractivity contribution < 1.29 is 0 Å². The average molecular weight is 297 g/mol. The zero-order valence-electron chi connectivity index (χ0n) is 11.6. The van der Waals surface area contributed by atoms with Crippen molar-refractivity contribution in [3.8, 4) is 0 Å². The number of nitrogens with two attached hydrogens (primary N) is 1. The van der Waals surface area contributed by atoms with E-state index in [2.05, 4.69) is 25.2 Å². The summed E-state index contributed by atoms with van der Waals surface area (Å²) in [6.07, 6.45) is 6.80. The Labute approximate surface area is 124 Å². The van der Waals surface area contributed by atoms with Gasteiger partial charge in [-0.25, -0.2) is 10.8 Å². The van der Waals surface area contributed by atoms with E-state index >= 15 is 0 Å². The van der Waals surface area contributed by atoms with Crippen LogP contribution in [0.1, 0.15) is 25.7 Å². The smallest absolute Gasteiger partial charge is 0.239 e. The van der Waals surface area contributed by atoms with Crippen LogP contribution in [0, 0.1) is 0 Å². The van der Waals surface area contributed by atoms with E-state index in [1.165, 1.54) is 38.8 Å². The number of hydrazine groups is 1. The molecule has 6 nitrogen and oxygen atoms in total. The van der Waals surface area contributed by atoms with Gasteiger partial charge in [-0.3, -0.25) is 10.3 Å². The number of nitrogens with zero attached hydrogens (tertiary/aromatic N) is 4. The Balaban J connectivity index is 1.70. The van der Waals surface area contributed by atoms with Gasteiger partial charge in [0, 0.05) is 19.1 Å². The van der Waals surface area contributed by atoms with Gasteiger partial charge in [0.15, 0.2) is 5.82 Å². The summed E-state index contributed by atoms with van der Waals surface area (Å²) in [5, 5.41) is 0.586. The predicted molar refractivity (Wildman–Crippen MR) is 80.9 cm³/mol. The molecule has 3 rings (SSSR count). The summed E-state index contributed by atoms with van der Waals surface area (Å²) in [5.74, 6) is 6.56. The Morgan fingerprint density at radius 3 is 2.80 bits per heavy atom. The van der Waals surface area contributed by atoms with Crippen LogP contribution < -0.4 is 16.2 Å². The summed E-state index contributed by atoms with van der Waals surface area (Å²) in [6.45, 7) is 4.43. The van der Waals surface area contributed by atoms with Crippen molar-refractivity contribution in [2.45, 2.75) is 31.7 Å². The molecule has 0 spiro atoms. The normalized spacial score (nSPS) is 24.1. The SMILES string of the molecule is NNc1ncc(Cl)c(N2CCC(N3CCCCC3)C2)n1. The first-order chi connectivity index (χ1) is 9.78. The van der Waals surface area contributed by atoms with Crippen LogP contribution in [0.25, 0.3) is 0 Å². The lowest BCUT2D eigenvalue weighted by Crippen LogP contribution is -2.41. The van der Waals surface area contributed by atoms with E-state index in [1.54, 1.807) is 6.20 Å². The number of rotatable bonds is 3. The fourth-order valence-electron chi connectivity index (χ4n) is 3.17. The van der Waals surface area contributed by atoms with E-state index in [4.69, 9.17) is 17.4 Å². The van der Waals surface area contributed by atoms with Crippen LogP contribution in [0.3, 0.4) is 0 Å². The van der Waals surface area contributed by atoms with E-state index in [-0.39, 0.29) is 0 Å². The van der Waals surface area contributed by atoms with Crippen LogP contribution in [0.2, 0.25) is 5.02 Å². The Hall–Kier alpha value is -1.11. The molecule has 1 aromatic rings. The molecule has 1 atom stereocenters. The highest BCUT2D eigenvalue weighted by molar-refractivity contribution is 6.32. The second-order valence-corrected chi connectivity index (χ2v) is 5.90. The zero-order chi connectivity index (χ0) is 13.9. The molecule has 1 aromatic heterocycles. The van der Waals surface area contributed by atoms with Crippen molar-refractivity contribution in [1.82, 2.24) is 14.9 Å². The van der Waals surface area contributed by atoms with E-state index in [9.17, 15) is 0 Å². The maximum atomic E-state index is 6.22. The van der Waals surface area contributed by atoms with Crippen LogP contribution >= 0.6 is 11.6 Å². The Bertz CT molecular complexity index is 462. The molecule has 2 aliphatic heterocycles. The number of nitrogens with one attached hydrogen (secondary N) is 1. The van der Waals surface area contributed by atoms with E-state index < -0.39 is 0 Å².